The number of fused-ring (bicyclic) bond motifs is 1. The number of hydrogen-bond acceptors (Lipinski definition) is 6. The van der Waals surface area contributed by atoms with E-state index in [1.54, 1.807) is 6.20 Å². The number of aliphatic hydroxyl groups is 1. The number of rotatable bonds is 8. The van der Waals surface area contributed by atoms with Crippen molar-refractivity contribution in [2.75, 3.05) is 33.0 Å². The molecule has 2 aromatic carbocycles. The predicted octanol–water partition coefficient (Wildman–Crippen LogP) is 3.45. The van der Waals surface area contributed by atoms with Gasteiger partial charge in [-0.05, 0) is 60.5 Å². The Morgan fingerprint density at radius 2 is 2.07 bits per heavy atom. The van der Waals surface area contributed by atoms with Gasteiger partial charge < -0.3 is 24.5 Å². The second-order valence-electron chi connectivity index (χ2n) is 9.57. The fourth-order valence-electron chi connectivity index (χ4n) is 4.61. The molecular formula is C31H27F2N3O5. The highest BCUT2D eigenvalue weighted by molar-refractivity contribution is 5.94. The van der Waals surface area contributed by atoms with Crippen LogP contribution in [-0.4, -0.2) is 53.5 Å². The Bertz CT molecular complexity index is 1690. The fraction of sp³-hybridized carbons (Fsp3) is 0.258. The molecule has 0 bridgehead atoms. The largest absolute Gasteiger partial charge is 0.492 e. The van der Waals surface area contributed by atoms with Gasteiger partial charge in [-0.1, -0.05) is 17.9 Å². The van der Waals surface area contributed by atoms with Gasteiger partial charge in [0.15, 0.2) is 11.6 Å². The Hall–Kier alpha value is -4.59. The van der Waals surface area contributed by atoms with Crippen molar-refractivity contribution < 1.29 is 28.2 Å². The number of ether oxygens (including phenoxy) is 2. The zero-order valence-corrected chi connectivity index (χ0v) is 22.0. The molecule has 0 saturated carbocycles. The van der Waals surface area contributed by atoms with Crippen LogP contribution in [0.2, 0.25) is 0 Å². The zero-order chi connectivity index (χ0) is 28.8. The third-order valence-electron chi connectivity index (χ3n) is 6.83. The van der Waals surface area contributed by atoms with Crippen molar-refractivity contribution in [3.8, 4) is 17.6 Å². The third kappa shape index (κ3) is 6.43. The molecule has 1 amide bonds. The van der Waals surface area contributed by atoms with Gasteiger partial charge in [-0.2, -0.15) is 0 Å². The first-order valence-electron chi connectivity index (χ1n) is 13.1. The summed E-state index contributed by atoms with van der Waals surface area (Å²) in [6.07, 6.45) is 4.04. The average Bonchev–Trinajstić information content (AvgIpc) is 3.51. The smallest absolute Gasteiger partial charge is 0.264 e. The molecular weight excluding hydrogens is 532 g/mol. The summed E-state index contributed by atoms with van der Waals surface area (Å²) in [6, 6.07) is 12.3. The lowest BCUT2D eigenvalue weighted by atomic mass is 10.1. The fourth-order valence-corrected chi connectivity index (χ4v) is 4.61. The molecule has 0 spiro atoms. The molecule has 1 aliphatic heterocycles. The van der Waals surface area contributed by atoms with Crippen LogP contribution in [-0.2, 0) is 4.74 Å². The van der Waals surface area contributed by atoms with Gasteiger partial charge in [0.05, 0.1) is 37.9 Å². The number of amides is 1. The molecule has 1 saturated heterocycles. The number of carbonyl (C=O) groups is 1. The van der Waals surface area contributed by atoms with E-state index < -0.39 is 35.7 Å². The summed E-state index contributed by atoms with van der Waals surface area (Å²) in [7, 11) is 0. The maximum atomic E-state index is 13.7. The molecule has 10 heteroatoms. The van der Waals surface area contributed by atoms with Crippen LogP contribution in [0.5, 0.6) is 5.75 Å². The lowest BCUT2D eigenvalue weighted by Gasteiger charge is -2.19. The third-order valence-corrected chi connectivity index (χ3v) is 6.83. The van der Waals surface area contributed by atoms with E-state index in [0.29, 0.717) is 30.4 Å². The molecule has 1 aliphatic rings. The van der Waals surface area contributed by atoms with E-state index in [-0.39, 0.29) is 17.7 Å². The predicted molar refractivity (Wildman–Crippen MR) is 148 cm³/mol. The minimum absolute atomic E-state index is 0.0319. The van der Waals surface area contributed by atoms with Crippen LogP contribution in [0.25, 0.3) is 10.9 Å². The van der Waals surface area contributed by atoms with E-state index in [4.69, 9.17) is 9.47 Å². The van der Waals surface area contributed by atoms with E-state index in [0.717, 1.165) is 40.6 Å². The molecule has 4 aromatic rings. The maximum Gasteiger partial charge on any atom is 0.264 e. The van der Waals surface area contributed by atoms with E-state index in [1.165, 1.54) is 24.4 Å². The molecule has 210 valence electrons. The second-order valence-corrected chi connectivity index (χ2v) is 9.57. The molecule has 1 fully saturated rings. The summed E-state index contributed by atoms with van der Waals surface area (Å²) in [5, 5.41) is 13.3. The van der Waals surface area contributed by atoms with Crippen molar-refractivity contribution >= 4 is 16.8 Å². The summed E-state index contributed by atoms with van der Waals surface area (Å²) in [5.41, 5.74) is 0.785. The van der Waals surface area contributed by atoms with E-state index in [1.807, 2.05) is 24.3 Å². The van der Waals surface area contributed by atoms with Crippen LogP contribution >= 0.6 is 0 Å². The highest BCUT2D eigenvalue weighted by Gasteiger charge is 2.20. The molecule has 2 N–H and O–H groups in total. The van der Waals surface area contributed by atoms with Crippen LogP contribution in [0.15, 0.2) is 71.8 Å². The monoisotopic (exact) mass is 559 g/mol. The molecule has 41 heavy (non-hydrogen) atoms. The van der Waals surface area contributed by atoms with Crippen molar-refractivity contribution in [2.45, 2.75) is 12.5 Å². The van der Waals surface area contributed by atoms with Gasteiger partial charge in [0.1, 0.15) is 11.3 Å². The van der Waals surface area contributed by atoms with Gasteiger partial charge >= 0.3 is 0 Å². The first-order valence-corrected chi connectivity index (χ1v) is 13.1. The quantitative estimate of drug-likeness (QED) is 0.321. The van der Waals surface area contributed by atoms with Crippen molar-refractivity contribution in [3.05, 3.63) is 106 Å². The van der Waals surface area contributed by atoms with Crippen LogP contribution in [0.4, 0.5) is 8.78 Å². The van der Waals surface area contributed by atoms with E-state index in [9.17, 15) is 23.5 Å². The summed E-state index contributed by atoms with van der Waals surface area (Å²) >= 11 is 0. The zero-order valence-electron chi connectivity index (χ0n) is 22.0. The van der Waals surface area contributed by atoms with Crippen molar-refractivity contribution in [3.63, 3.8) is 0 Å². The number of benzene rings is 2. The average molecular weight is 560 g/mol. The lowest BCUT2D eigenvalue weighted by molar-refractivity contribution is 0.0956. The molecule has 1 unspecified atom stereocenters. The molecule has 5 rings (SSSR count). The molecule has 8 nitrogen and oxygen atoms in total. The minimum atomic E-state index is -1.10. The Balaban J connectivity index is 1.27. The van der Waals surface area contributed by atoms with Crippen LogP contribution in [0.1, 0.15) is 33.9 Å². The summed E-state index contributed by atoms with van der Waals surface area (Å²) in [5.74, 6) is 4.15. The van der Waals surface area contributed by atoms with Crippen LogP contribution in [0.3, 0.4) is 0 Å². The summed E-state index contributed by atoms with van der Waals surface area (Å²) in [4.78, 5) is 30.2. The normalized spacial score (nSPS) is 15.2. The van der Waals surface area contributed by atoms with Crippen molar-refractivity contribution in [2.24, 2.45) is 5.92 Å². The van der Waals surface area contributed by atoms with Gasteiger partial charge in [0.2, 0.25) is 0 Å². The number of pyridine rings is 2. The number of carbonyl (C=O) groups excluding carboxylic acids is 1. The minimum Gasteiger partial charge on any atom is -0.492 e. The van der Waals surface area contributed by atoms with Crippen LogP contribution in [0, 0.1) is 29.4 Å². The lowest BCUT2D eigenvalue weighted by Crippen LogP contribution is -2.35. The number of halogens is 2. The standard InChI is InChI=1S/C31H27F2N3O5/c32-25-7-6-22(16-26(25)33)28(17-37)36-13-2-4-23(31(36)39)30(38)35-11-1-3-20-5-8-27-24(15-20)29(9-12-34-27)41-19-21-10-14-40-18-21/h2,4-9,12-13,15-16,21,28,37H,10-11,14,17-19H2,(H,35,38)/t21?,28-/m1/s1. The van der Waals surface area contributed by atoms with Crippen LogP contribution < -0.4 is 15.6 Å². The Morgan fingerprint density at radius 1 is 1.20 bits per heavy atom. The summed E-state index contributed by atoms with van der Waals surface area (Å²) < 4.78 is 39.7. The first kappa shape index (κ1) is 28.0. The Labute approximate surface area is 234 Å². The molecule has 0 aliphatic carbocycles. The number of nitrogens with zero attached hydrogens (tertiary/aromatic N) is 2. The number of aromatic nitrogens is 2. The molecule has 2 aromatic heterocycles. The maximum absolute atomic E-state index is 13.7. The van der Waals surface area contributed by atoms with Gasteiger partial charge in [0.25, 0.3) is 11.5 Å². The second kappa shape index (κ2) is 12.7. The van der Waals surface area contributed by atoms with Gasteiger partial charge in [-0.15, -0.1) is 0 Å². The highest BCUT2D eigenvalue weighted by Crippen LogP contribution is 2.26. The number of nitrogens with one attached hydrogen (secondary N) is 1. The van der Waals surface area contributed by atoms with Crippen molar-refractivity contribution in [1.82, 2.24) is 14.9 Å². The molecule has 0 radical (unpaired) electrons. The van der Waals surface area contributed by atoms with E-state index in [2.05, 4.69) is 22.1 Å². The summed E-state index contributed by atoms with van der Waals surface area (Å²) in [6.45, 7) is 1.41. The highest BCUT2D eigenvalue weighted by atomic mass is 19.2. The van der Waals surface area contributed by atoms with Gasteiger partial charge in [-0.3, -0.25) is 14.6 Å². The number of aliphatic hydroxyl groups excluding tert-OH is 1. The SMILES string of the molecule is O=C(NCC#Cc1ccc2nccc(OCC3CCOC3)c2c1)c1cccn([C@H](CO)c2ccc(F)c(F)c2)c1=O. The van der Waals surface area contributed by atoms with Gasteiger partial charge in [-0.25, -0.2) is 8.78 Å². The topological polar surface area (TPSA) is 103 Å². The van der Waals surface area contributed by atoms with Crippen molar-refractivity contribution in [1.29, 1.82) is 0 Å². The number of hydrogen-bond donors (Lipinski definition) is 2. The molecule has 3 heterocycles. The Kier molecular flexibility index (Phi) is 8.67. The first-order chi connectivity index (χ1) is 19.9. The van der Waals surface area contributed by atoms with E-state index >= 15 is 0 Å². The Morgan fingerprint density at radius 3 is 2.85 bits per heavy atom. The molecule has 2 atom stereocenters. The van der Waals surface area contributed by atoms with Gasteiger partial charge in [0, 0.05) is 35.9 Å².